The molecule has 0 amide bonds. The summed E-state index contributed by atoms with van der Waals surface area (Å²) in [6.45, 7) is 5.37. The highest BCUT2D eigenvalue weighted by molar-refractivity contribution is 7.92. The molecule has 2 unspecified atom stereocenters. The molecule has 0 bridgehead atoms. The third-order valence-electron chi connectivity index (χ3n) is 3.45. The summed E-state index contributed by atoms with van der Waals surface area (Å²) in [5, 5.41) is 11.1. The average molecular weight is 283 g/mol. The molecule has 2 rings (SSSR count). The van der Waals surface area contributed by atoms with Crippen LogP contribution in [0, 0.1) is 13.8 Å². The van der Waals surface area contributed by atoms with Crippen molar-refractivity contribution in [3.63, 3.8) is 0 Å². The van der Waals surface area contributed by atoms with Gasteiger partial charge in [0.1, 0.15) is 0 Å². The fourth-order valence-corrected chi connectivity index (χ4v) is 4.70. The smallest absolute Gasteiger partial charge is 0.304 e. The summed E-state index contributed by atoms with van der Waals surface area (Å²) in [6, 6.07) is 3.09. The number of aryl methyl sites for hydroxylation is 2. The molecular formula is C13H17NO4S. The van der Waals surface area contributed by atoms with Crippen LogP contribution in [0.1, 0.15) is 24.5 Å². The Morgan fingerprint density at radius 2 is 2.00 bits per heavy atom. The number of carboxylic acid groups (broad SMARTS) is 1. The minimum Gasteiger partial charge on any atom is -0.481 e. The molecule has 1 aromatic rings. The van der Waals surface area contributed by atoms with E-state index in [0.717, 1.165) is 11.1 Å². The third-order valence-corrected chi connectivity index (χ3v) is 5.76. The lowest BCUT2D eigenvalue weighted by atomic mass is 10.1. The van der Waals surface area contributed by atoms with Crippen molar-refractivity contribution in [1.29, 1.82) is 0 Å². The maximum atomic E-state index is 12.6. The van der Waals surface area contributed by atoms with Crippen LogP contribution in [0.25, 0.3) is 0 Å². The Hall–Kier alpha value is -1.56. The van der Waals surface area contributed by atoms with Gasteiger partial charge in [-0.15, -0.1) is 0 Å². The third kappa shape index (κ3) is 2.32. The summed E-state index contributed by atoms with van der Waals surface area (Å²) in [6.07, 6.45) is -0.386. The monoisotopic (exact) mass is 283 g/mol. The molecule has 0 saturated heterocycles. The molecule has 1 aliphatic rings. The van der Waals surface area contributed by atoms with Crippen LogP contribution in [-0.4, -0.2) is 30.8 Å². The molecule has 1 aliphatic heterocycles. The van der Waals surface area contributed by atoms with Gasteiger partial charge in [-0.2, -0.15) is 0 Å². The number of hydrogen-bond acceptors (Lipinski definition) is 4. The van der Waals surface area contributed by atoms with Crippen molar-refractivity contribution in [2.45, 2.75) is 43.4 Å². The molecule has 0 radical (unpaired) electrons. The number of anilines is 1. The van der Waals surface area contributed by atoms with E-state index in [0.29, 0.717) is 5.69 Å². The van der Waals surface area contributed by atoms with Crippen molar-refractivity contribution >= 4 is 21.5 Å². The number of sulfone groups is 1. The Morgan fingerprint density at radius 1 is 1.37 bits per heavy atom. The zero-order valence-corrected chi connectivity index (χ0v) is 11.9. The standard InChI is InChI=1S/C13H17NO4S/c1-7-4-8(2)13-11(5-7)19(17,18)10(6-12(15)16)9(3)14-13/h4-5,9-10,14H,6H2,1-3H3,(H,15,16). The molecule has 0 spiro atoms. The molecule has 0 aromatic heterocycles. The van der Waals surface area contributed by atoms with Crippen LogP contribution in [0.3, 0.4) is 0 Å². The summed E-state index contributed by atoms with van der Waals surface area (Å²) in [5.74, 6) is -1.10. The molecule has 104 valence electrons. The summed E-state index contributed by atoms with van der Waals surface area (Å²) >= 11 is 0. The second-order valence-corrected chi connectivity index (χ2v) is 7.20. The van der Waals surface area contributed by atoms with Gasteiger partial charge in [0.15, 0.2) is 9.84 Å². The van der Waals surface area contributed by atoms with Gasteiger partial charge >= 0.3 is 5.97 Å². The number of carboxylic acids is 1. The van der Waals surface area contributed by atoms with E-state index >= 15 is 0 Å². The van der Waals surface area contributed by atoms with E-state index in [-0.39, 0.29) is 11.3 Å². The number of fused-ring (bicyclic) bond motifs is 1. The predicted octanol–water partition coefficient (Wildman–Crippen LogP) is 1.73. The molecule has 19 heavy (non-hydrogen) atoms. The lowest BCUT2D eigenvalue weighted by Gasteiger charge is -2.32. The fraction of sp³-hybridized carbons (Fsp3) is 0.462. The van der Waals surface area contributed by atoms with Crippen molar-refractivity contribution in [1.82, 2.24) is 0 Å². The Balaban J connectivity index is 2.62. The molecule has 0 saturated carbocycles. The molecule has 2 atom stereocenters. The highest BCUT2D eigenvalue weighted by Crippen LogP contribution is 2.36. The number of nitrogens with one attached hydrogen (secondary N) is 1. The van der Waals surface area contributed by atoms with Crippen LogP contribution in [0.5, 0.6) is 0 Å². The molecule has 5 nitrogen and oxygen atoms in total. The van der Waals surface area contributed by atoms with Gasteiger partial charge in [0, 0.05) is 6.04 Å². The van der Waals surface area contributed by atoms with Gasteiger partial charge in [-0.3, -0.25) is 4.79 Å². The van der Waals surface area contributed by atoms with Crippen LogP contribution in [0.4, 0.5) is 5.69 Å². The first-order valence-corrected chi connectivity index (χ1v) is 7.61. The van der Waals surface area contributed by atoms with Gasteiger partial charge < -0.3 is 10.4 Å². The largest absolute Gasteiger partial charge is 0.481 e. The van der Waals surface area contributed by atoms with Gasteiger partial charge in [0.2, 0.25) is 0 Å². The second-order valence-electron chi connectivity index (χ2n) is 5.07. The first-order valence-electron chi connectivity index (χ1n) is 6.07. The van der Waals surface area contributed by atoms with Crippen molar-refractivity contribution in [2.75, 3.05) is 5.32 Å². The number of rotatable bonds is 2. The number of carbonyl (C=O) groups is 1. The molecule has 0 fully saturated rings. The van der Waals surface area contributed by atoms with Gasteiger partial charge in [0.05, 0.1) is 22.3 Å². The van der Waals surface area contributed by atoms with E-state index in [4.69, 9.17) is 5.11 Å². The Labute approximate surface area is 112 Å². The minimum atomic E-state index is -3.62. The lowest BCUT2D eigenvalue weighted by molar-refractivity contribution is -0.137. The lowest BCUT2D eigenvalue weighted by Crippen LogP contribution is -2.43. The van der Waals surface area contributed by atoms with Gasteiger partial charge in [-0.25, -0.2) is 8.42 Å². The van der Waals surface area contributed by atoms with E-state index in [1.165, 1.54) is 0 Å². The summed E-state index contributed by atoms with van der Waals surface area (Å²) in [4.78, 5) is 11.1. The molecular weight excluding hydrogens is 266 g/mol. The Kier molecular flexibility index (Phi) is 3.30. The van der Waals surface area contributed by atoms with Crippen molar-refractivity contribution in [2.24, 2.45) is 0 Å². The summed E-state index contributed by atoms with van der Waals surface area (Å²) < 4.78 is 25.1. The zero-order chi connectivity index (χ0) is 14.4. The first-order chi connectivity index (χ1) is 8.73. The topological polar surface area (TPSA) is 83.5 Å². The van der Waals surface area contributed by atoms with E-state index in [9.17, 15) is 13.2 Å². The van der Waals surface area contributed by atoms with Gasteiger partial charge in [0.25, 0.3) is 0 Å². The molecule has 6 heteroatoms. The summed E-state index contributed by atoms with van der Waals surface area (Å²) in [5.41, 5.74) is 2.31. The van der Waals surface area contributed by atoms with E-state index in [2.05, 4.69) is 5.32 Å². The SMILES string of the molecule is Cc1cc(C)c2c(c1)S(=O)(=O)C(CC(=O)O)C(C)N2. The predicted molar refractivity (Wildman–Crippen MR) is 72.2 cm³/mol. The van der Waals surface area contributed by atoms with E-state index < -0.39 is 27.1 Å². The quantitative estimate of drug-likeness (QED) is 0.863. The van der Waals surface area contributed by atoms with Crippen LogP contribution in [0.2, 0.25) is 0 Å². The van der Waals surface area contributed by atoms with Gasteiger partial charge in [-0.1, -0.05) is 6.07 Å². The van der Waals surface area contributed by atoms with Gasteiger partial charge in [-0.05, 0) is 38.0 Å². The second kappa shape index (κ2) is 4.52. The Morgan fingerprint density at radius 3 is 2.58 bits per heavy atom. The summed E-state index contributed by atoms with van der Waals surface area (Å²) in [7, 11) is -3.62. The number of benzene rings is 1. The molecule has 0 aliphatic carbocycles. The molecule has 1 aromatic carbocycles. The number of hydrogen-bond donors (Lipinski definition) is 2. The fourth-order valence-electron chi connectivity index (χ4n) is 2.55. The molecule has 1 heterocycles. The van der Waals surface area contributed by atoms with Crippen LogP contribution >= 0.6 is 0 Å². The highest BCUT2D eigenvalue weighted by atomic mass is 32.2. The zero-order valence-electron chi connectivity index (χ0n) is 11.1. The van der Waals surface area contributed by atoms with Crippen molar-refractivity contribution in [3.8, 4) is 0 Å². The maximum absolute atomic E-state index is 12.6. The highest BCUT2D eigenvalue weighted by Gasteiger charge is 2.40. The van der Waals surface area contributed by atoms with E-state index in [1.54, 1.807) is 13.0 Å². The van der Waals surface area contributed by atoms with Crippen LogP contribution in [-0.2, 0) is 14.6 Å². The normalized spacial score (nSPS) is 24.4. The molecule has 2 N–H and O–H groups in total. The van der Waals surface area contributed by atoms with Crippen LogP contribution in [0.15, 0.2) is 17.0 Å². The first kappa shape index (κ1) is 13.9. The van der Waals surface area contributed by atoms with Crippen molar-refractivity contribution in [3.05, 3.63) is 23.3 Å². The van der Waals surface area contributed by atoms with Crippen molar-refractivity contribution < 1.29 is 18.3 Å². The average Bonchev–Trinajstić information content (AvgIpc) is 2.26. The minimum absolute atomic E-state index is 0.217. The van der Waals surface area contributed by atoms with Crippen LogP contribution < -0.4 is 5.32 Å². The maximum Gasteiger partial charge on any atom is 0.304 e. The van der Waals surface area contributed by atoms with E-state index in [1.807, 2.05) is 19.9 Å². The number of aliphatic carboxylic acids is 1. The Bertz CT molecular complexity index is 636.